The SMILES string of the molecule is N#Cc1c(N)nc2c(c1N)C[C@@H](C(F)(F)F)O2. The number of ether oxygens (including phenoxy) is 1. The monoisotopic (exact) mass is 244 g/mol. The molecule has 4 N–H and O–H groups in total. The van der Waals surface area contributed by atoms with Gasteiger partial charge in [-0.3, -0.25) is 0 Å². The van der Waals surface area contributed by atoms with Crippen LogP contribution in [0.15, 0.2) is 0 Å². The lowest BCUT2D eigenvalue weighted by Crippen LogP contribution is -2.32. The third-order valence-corrected chi connectivity index (χ3v) is 2.45. The number of nitriles is 1. The molecule has 2 rings (SSSR count). The van der Waals surface area contributed by atoms with E-state index in [9.17, 15) is 13.2 Å². The summed E-state index contributed by atoms with van der Waals surface area (Å²) in [5.74, 6) is -0.479. The van der Waals surface area contributed by atoms with Crippen molar-refractivity contribution in [2.75, 3.05) is 11.5 Å². The number of nitrogens with two attached hydrogens (primary N) is 2. The second kappa shape index (κ2) is 3.41. The number of halogens is 3. The number of aromatic nitrogens is 1. The molecule has 17 heavy (non-hydrogen) atoms. The predicted octanol–water partition coefficient (Wildman–Crippen LogP) is 0.983. The van der Waals surface area contributed by atoms with Crippen molar-refractivity contribution in [1.82, 2.24) is 4.98 Å². The number of anilines is 2. The van der Waals surface area contributed by atoms with E-state index < -0.39 is 18.7 Å². The largest absolute Gasteiger partial charge is 0.464 e. The van der Waals surface area contributed by atoms with Crippen molar-refractivity contribution in [2.45, 2.75) is 18.7 Å². The number of nitrogens with zero attached hydrogens (tertiary/aromatic N) is 2. The minimum Gasteiger partial charge on any atom is -0.464 e. The molecule has 0 aliphatic carbocycles. The van der Waals surface area contributed by atoms with Gasteiger partial charge >= 0.3 is 6.18 Å². The van der Waals surface area contributed by atoms with Gasteiger partial charge in [0.1, 0.15) is 17.5 Å². The van der Waals surface area contributed by atoms with Gasteiger partial charge in [-0.15, -0.1) is 0 Å². The second-order valence-electron chi connectivity index (χ2n) is 3.53. The number of rotatable bonds is 0. The van der Waals surface area contributed by atoms with Gasteiger partial charge in [-0.25, -0.2) is 0 Å². The first-order chi connectivity index (χ1) is 7.84. The van der Waals surface area contributed by atoms with Gasteiger partial charge < -0.3 is 16.2 Å². The minimum atomic E-state index is -4.51. The third-order valence-electron chi connectivity index (χ3n) is 2.45. The van der Waals surface area contributed by atoms with Crippen LogP contribution in [0.1, 0.15) is 11.1 Å². The van der Waals surface area contributed by atoms with Gasteiger partial charge in [0.2, 0.25) is 5.88 Å². The summed E-state index contributed by atoms with van der Waals surface area (Å²) in [6.07, 6.45) is -6.94. The fourth-order valence-electron chi connectivity index (χ4n) is 1.59. The van der Waals surface area contributed by atoms with E-state index in [0.717, 1.165) is 0 Å². The normalized spacial score (nSPS) is 18.4. The minimum absolute atomic E-state index is 0.0816. The van der Waals surface area contributed by atoms with Gasteiger partial charge in [-0.05, 0) is 0 Å². The van der Waals surface area contributed by atoms with Crippen molar-refractivity contribution in [3.05, 3.63) is 11.1 Å². The Morgan fingerprint density at radius 3 is 2.59 bits per heavy atom. The highest BCUT2D eigenvalue weighted by Crippen LogP contribution is 2.40. The standard InChI is InChI=1S/C9H7F3N4O/c10-9(11,12)5-1-3-6(14)4(2-13)7(15)16-8(3)17-5/h5H,1H2,(H4,14,15,16)/t5-/m0/s1. The van der Waals surface area contributed by atoms with Gasteiger partial charge in [0, 0.05) is 12.0 Å². The quantitative estimate of drug-likeness (QED) is 0.708. The predicted molar refractivity (Wildman–Crippen MR) is 52.0 cm³/mol. The van der Waals surface area contributed by atoms with Crippen LogP contribution in [-0.2, 0) is 6.42 Å². The van der Waals surface area contributed by atoms with Crippen LogP contribution in [0.5, 0.6) is 5.88 Å². The van der Waals surface area contributed by atoms with E-state index in [-0.39, 0.29) is 28.5 Å². The highest BCUT2D eigenvalue weighted by molar-refractivity contribution is 5.71. The lowest BCUT2D eigenvalue weighted by atomic mass is 10.1. The van der Waals surface area contributed by atoms with Crippen LogP contribution in [-0.4, -0.2) is 17.3 Å². The van der Waals surface area contributed by atoms with Crippen LogP contribution in [0.25, 0.3) is 0 Å². The molecule has 2 heterocycles. The summed E-state index contributed by atoms with van der Waals surface area (Å²) in [5, 5.41) is 8.74. The molecule has 0 saturated heterocycles. The van der Waals surface area contributed by atoms with Crippen LogP contribution in [0.4, 0.5) is 24.7 Å². The average Bonchev–Trinajstić information content (AvgIpc) is 2.61. The molecule has 1 aromatic rings. The molecule has 0 radical (unpaired) electrons. The first-order valence-electron chi connectivity index (χ1n) is 4.56. The molecule has 0 fully saturated rings. The summed E-state index contributed by atoms with van der Waals surface area (Å²) in [5.41, 5.74) is 10.8. The summed E-state index contributed by atoms with van der Waals surface area (Å²) in [6, 6.07) is 1.70. The Labute approximate surface area is 93.8 Å². The summed E-state index contributed by atoms with van der Waals surface area (Å²) in [4.78, 5) is 3.60. The number of fused-ring (bicyclic) bond motifs is 1. The van der Waals surface area contributed by atoms with Crippen LogP contribution in [0.3, 0.4) is 0 Å². The Morgan fingerprint density at radius 1 is 1.41 bits per heavy atom. The van der Waals surface area contributed by atoms with Crippen LogP contribution < -0.4 is 16.2 Å². The molecule has 90 valence electrons. The van der Waals surface area contributed by atoms with E-state index in [1.165, 1.54) is 0 Å². The Morgan fingerprint density at radius 2 is 2.06 bits per heavy atom. The van der Waals surface area contributed by atoms with Crippen molar-refractivity contribution in [3.8, 4) is 11.9 Å². The molecule has 1 aliphatic heterocycles. The Hall–Kier alpha value is -2.17. The summed E-state index contributed by atoms with van der Waals surface area (Å²) in [7, 11) is 0. The summed E-state index contributed by atoms with van der Waals surface area (Å²) < 4.78 is 42.0. The van der Waals surface area contributed by atoms with Crippen LogP contribution in [0, 0.1) is 11.3 Å². The number of nitrogen functional groups attached to an aromatic ring is 2. The Kier molecular flexibility index (Phi) is 2.27. The van der Waals surface area contributed by atoms with E-state index in [0.29, 0.717) is 0 Å². The zero-order valence-corrected chi connectivity index (χ0v) is 8.38. The van der Waals surface area contributed by atoms with Crippen LogP contribution >= 0.6 is 0 Å². The number of hydrogen-bond donors (Lipinski definition) is 2. The Balaban J connectivity index is 2.47. The van der Waals surface area contributed by atoms with Crippen molar-refractivity contribution < 1.29 is 17.9 Å². The maximum absolute atomic E-state index is 12.5. The summed E-state index contributed by atoms with van der Waals surface area (Å²) >= 11 is 0. The highest BCUT2D eigenvalue weighted by atomic mass is 19.4. The Bertz CT molecular complexity index is 520. The van der Waals surface area contributed by atoms with Gasteiger partial charge in [0.25, 0.3) is 0 Å². The fraction of sp³-hybridized carbons (Fsp3) is 0.333. The topological polar surface area (TPSA) is 98.0 Å². The molecular formula is C9H7F3N4O. The molecule has 1 atom stereocenters. The molecule has 5 nitrogen and oxygen atoms in total. The van der Waals surface area contributed by atoms with E-state index >= 15 is 0 Å². The average molecular weight is 244 g/mol. The highest BCUT2D eigenvalue weighted by Gasteiger charge is 2.47. The molecular weight excluding hydrogens is 237 g/mol. The molecule has 1 aromatic heterocycles. The molecule has 0 amide bonds. The van der Waals surface area contributed by atoms with Gasteiger partial charge in [0.15, 0.2) is 6.10 Å². The maximum Gasteiger partial charge on any atom is 0.425 e. The number of pyridine rings is 1. The molecule has 0 spiro atoms. The second-order valence-corrected chi connectivity index (χ2v) is 3.53. The zero-order chi connectivity index (χ0) is 12.8. The molecule has 0 aromatic carbocycles. The molecule has 8 heteroatoms. The first kappa shape index (κ1) is 11.3. The van der Waals surface area contributed by atoms with Crippen molar-refractivity contribution in [2.24, 2.45) is 0 Å². The zero-order valence-electron chi connectivity index (χ0n) is 8.38. The molecule has 1 aliphatic rings. The number of alkyl halides is 3. The molecule has 0 bridgehead atoms. The lowest BCUT2D eigenvalue weighted by molar-refractivity contribution is -0.189. The van der Waals surface area contributed by atoms with E-state index in [1.54, 1.807) is 6.07 Å². The van der Waals surface area contributed by atoms with E-state index in [4.69, 9.17) is 16.7 Å². The van der Waals surface area contributed by atoms with E-state index in [2.05, 4.69) is 9.72 Å². The fourth-order valence-corrected chi connectivity index (χ4v) is 1.59. The van der Waals surface area contributed by atoms with Crippen molar-refractivity contribution in [1.29, 1.82) is 5.26 Å². The van der Waals surface area contributed by atoms with E-state index in [1.807, 2.05) is 0 Å². The summed E-state index contributed by atoms with van der Waals surface area (Å²) in [6.45, 7) is 0. The van der Waals surface area contributed by atoms with Gasteiger partial charge in [-0.2, -0.15) is 23.4 Å². The molecule has 0 unspecified atom stereocenters. The van der Waals surface area contributed by atoms with Crippen molar-refractivity contribution in [3.63, 3.8) is 0 Å². The lowest BCUT2D eigenvalue weighted by Gasteiger charge is -2.13. The maximum atomic E-state index is 12.5. The van der Waals surface area contributed by atoms with Gasteiger partial charge in [0.05, 0.1) is 5.69 Å². The smallest absolute Gasteiger partial charge is 0.425 e. The van der Waals surface area contributed by atoms with Gasteiger partial charge in [-0.1, -0.05) is 0 Å². The first-order valence-corrected chi connectivity index (χ1v) is 4.56. The number of hydrogen-bond acceptors (Lipinski definition) is 5. The van der Waals surface area contributed by atoms with Crippen molar-refractivity contribution >= 4 is 11.5 Å². The third kappa shape index (κ3) is 1.69. The van der Waals surface area contributed by atoms with Crippen LogP contribution in [0.2, 0.25) is 0 Å². The molecule has 0 saturated carbocycles.